The Hall–Kier alpha value is -0.960. The minimum Gasteiger partial charge on any atom is -0.372 e. The van der Waals surface area contributed by atoms with Crippen LogP contribution in [0.2, 0.25) is 0 Å². The van der Waals surface area contributed by atoms with Crippen molar-refractivity contribution in [2.45, 2.75) is 50.0 Å². The van der Waals surface area contributed by atoms with Crippen LogP contribution in [0, 0.1) is 12.8 Å². The number of ether oxygens (including phenoxy) is 1. The summed E-state index contributed by atoms with van der Waals surface area (Å²) in [7, 11) is -1.09. The van der Waals surface area contributed by atoms with Crippen molar-refractivity contribution in [2.75, 3.05) is 26.2 Å². The van der Waals surface area contributed by atoms with Crippen LogP contribution in [0.4, 0.5) is 0 Å². The summed E-state index contributed by atoms with van der Waals surface area (Å²) < 4.78 is 34.7. The maximum Gasteiger partial charge on any atom is 0.214 e. The van der Waals surface area contributed by atoms with Gasteiger partial charge in [-0.05, 0) is 44.6 Å². The Kier molecular flexibility index (Phi) is 4.42. The number of hydrogen-bond donors (Lipinski definition) is 1. The molecule has 2 aliphatic heterocycles. The lowest BCUT2D eigenvalue weighted by Crippen LogP contribution is -2.64. The molecule has 1 atom stereocenters. The van der Waals surface area contributed by atoms with Crippen LogP contribution in [0.3, 0.4) is 0 Å². The van der Waals surface area contributed by atoms with Crippen LogP contribution >= 0.6 is 0 Å². The quantitative estimate of drug-likeness (QED) is 0.803. The van der Waals surface area contributed by atoms with E-state index in [0.29, 0.717) is 19.1 Å². The Morgan fingerprint density at radius 1 is 1.36 bits per heavy atom. The van der Waals surface area contributed by atoms with E-state index in [4.69, 9.17) is 4.74 Å². The van der Waals surface area contributed by atoms with Crippen molar-refractivity contribution in [2.24, 2.45) is 13.0 Å². The molecule has 2 saturated heterocycles. The largest absolute Gasteiger partial charge is 0.372 e. The Morgan fingerprint density at radius 3 is 2.68 bits per heavy atom. The molecule has 25 heavy (non-hydrogen) atoms. The smallest absolute Gasteiger partial charge is 0.214 e. The summed E-state index contributed by atoms with van der Waals surface area (Å²) in [5.74, 6) is 0.299. The molecular weight excluding hydrogens is 340 g/mol. The minimum absolute atomic E-state index is 0.0144. The second kappa shape index (κ2) is 6.33. The molecule has 1 aromatic heterocycles. The van der Waals surface area contributed by atoms with Gasteiger partial charge in [-0.3, -0.25) is 9.58 Å². The van der Waals surface area contributed by atoms with Gasteiger partial charge in [-0.25, -0.2) is 13.1 Å². The van der Waals surface area contributed by atoms with E-state index < -0.39 is 10.0 Å². The van der Waals surface area contributed by atoms with Gasteiger partial charge in [0.1, 0.15) is 0 Å². The van der Waals surface area contributed by atoms with Gasteiger partial charge in [0.15, 0.2) is 0 Å². The molecular formula is C17H28N4O3S. The average molecular weight is 369 g/mol. The highest BCUT2D eigenvalue weighted by molar-refractivity contribution is 7.90. The molecule has 0 aromatic carbocycles. The van der Waals surface area contributed by atoms with Crippen LogP contribution in [0.1, 0.15) is 37.1 Å². The normalized spacial score (nSPS) is 26.7. The molecule has 0 unspecified atom stereocenters. The highest BCUT2D eigenvalue weighted by atomic mass is 32.2. The molecule has 0 bridgehead atoms. The van der Waals surface area contributed by atoms with Crippen molar-refractivity contribution in [3.63, 3.8) is 0 Å². The van der Waals surface area contributed by atoms with Crippen molar-refractivity contribution in [3.8, 4) is 0 Å². The first-order valence-corrected chi connectivity index (χ1v) is 10.7. The molecule has 4 rings (SSSR count). The van der Waals surface area contributed by atoms with E-state index in [1.807, 2.05) is 18.7 Å². The van der Waals surface area contributed by atoms with E-state index in [1.165, 1.54) is 5.69 Å². The fourth-order valence-corrected chi connectivity index (χ4v) is 5.44. The Morgan fingerprint density at radius 2 is 2.12 bits per heavy atom. The summed E-state index contributed by atoms with van der Waals surface area (Å²) in [5.41, 5.74) is 2.27. The molecule has 1 spiro atoms. The Bertz CT molecular complexity index is 725. The van der Waals surface area contributed by atoms with Gasteiger partial charge in [0.05, 0.1) is 28.8 Å². The number of likely N-dealkylation sites (tertiary alicyclic amines) is 1. The number of nitrogens with zero attached hydrogens (tertiary/aromatic N) is 3. The van der Waals surface area contributed by atoms with E-state index in [2.05, 4.69) is 20.8 Å². The molecule has 7 nitrogen and oxygen atoms in total. The van der Waals surface area contributed by atoms with Gasteiger partial charge in [-0.15, -0.1) is 0 Å². The maximum atomic E-state index is 11.9. The molecule has 8 heteroatoms. The summed E-state index contributed by atoms with van der Waals surface area (Å²) in [6, 6.07) is 2.13. The third-order valence-electron chi connectivity index (χ3n) is 5.68. The minimum atomic E-state index is -3.07. The topological polar surface area (TPSA) is 76.5 Å². The average Bonchev–Trinajstić information content (AvgIpc) is 3.33. The highest BCUT2D eigenvalue weighted by Gasteiger charge is 2.46. The first kappa shape index (κ1) is 17.5. The fraction of sp³-hybridized carbons (Fsp3) is 0.824. The molecule has 3 fully saturated rings. The standard InChI is InChI=1S/C17H28N4O3S/c1-13-7-15(20(2)19-13)9-21-11-17(12-21)6-5-14(10-24-17)8-18-25(22,23)16-3-4-16/h7,14,16,18H,3-6,8-12H2,1-2H3/t14-/m1/s1. The summed E-state index contributed by atoms with van der Waals surface area (Å²) in [5, 5.41) is 4.26. The monoisotopic (exact) mass is 368 g/mol. The van der Waals surface area contributed by atoms with E-state index in [-0.39, 0.29) is 10.9 Å². The molecule has 0 amide bonds. The second-order valence-corrected chi connectivity index (χ2v) is 10.1. The van der Waals surface area contributed by atoms with E-state index >= 15 is 0 Å². The number of sulfonamides is 1. The van der Waals surface area contributed by atoms with E-state index in [9.17, 15) is 8.42 Å². The van der Waals surface area contributed by atoms with Crippen LogP contribution in [-0.2, 0) is 28.4 Å². The van der Waals surface area contributed by atoms with Crippen molar-refractivity contribution in [3.05, 3.63) is 17.5 Å². The molecule has 1 aromatic rings. The van der Waals surface area contributed by atoms with E-state index in [1.54, 1.807) is 0 Å². The van der Waals surface area contributed by atoms with Crippen molar-refractivity contribution in [1.82, 2.24) is 19.4 Å². The molecule has 140 valence electrons. The molecule has 3 heterocycles. The zero-order valence-corrected chi connectivity index (χ0v) is 15.9. The third kappa shape index (κ3) is 3.77. The maximum absolute atomic E-state index is 11.9. The summed E-state index contributed by atoms with van der Waals surface area (Å²) >= 11 is 0. The van der Waals surface area contributed by atoms with Crippen LogP contribution in [-0.4, -0.2) is 60.2 Å². The van der Waals surface area contributed by atoms with E-state index in [0.717, 1.165) is 51.0 Å². The van der Waals surface area contributed by atoms with Gasteiger partial charge in [-0.2, -0.15) is 5.10 Å². The van der Waals surface area contributed by atoms with Crippen LogP contribution < -0.4 is 4.72 Å². The van der Waals surface area contributed by atoms with Gasteiger partial charge >= 0.3 is 0 Å². The zero-order chi connectivity index (χ0) is 17.7. The highest BCUT2D eigenvalue weighted by Crippen LogP contribution is 2.36. The van der Waals surface area contributed by atoms with Gasteiger partial charge < -0.3 is 4.74 Å². The summed E-state index contributed by atoms with van der Waals surface area (Å²) in [6.07, 6.45) is 3.67. The zero-order valence-electron chi connectivity index (χ0n) is 15.1. The second-order valence-electron chi connectivity index (χ2n) is 8.04. The predicted molar refractivity (Wildman–Crippen MR) is 94.6 cm³/mol. The first-order valence-electron chi connectivity index (χ1n) is 9.20. The summed E-state index contributed by atoms with van der Waals surface area (Å²) in [6.45, 7) is 6.02. The van der Waals surface area contributed by atoms with Crippen molar-refractivity contribution < 1.29 is 13.2 Å². The number of aryl methyl sites for hydroxylation is 2. The van der Waals surface area contributed by atoms with Crippen LogP contribution in [0.5, 0.6) is 0 Å². The Labute approximate surface area is 149 Å². The summed E-state index contributed by atoms with van der Waals surface area (Å²) in [4.78, 5) is 2.40. The van der Waals surface area contributed by atoms with Crippen molar-refractivity contribution >= 4 is 10.0 Å². The predicted octanol–water partition coefficient (Wildman–Crippen LogP) is 0.791. The molecule has 1 N–H and O–H groups in total. The van der Waals surface area contributed by atoms with Gasteiger partial charge in [-0.1, -0.05) is 0 Å². The molecule has 3 aliphatic rings. The van der Waals surface area contributed by atoms with Gasteiger partial charge in [0.25, 0.3) is 0 Å². The van der Waals surface area contributed by atoms with Crippen molar-refractivity contribution in [1.29, 1.82) is 0 Å². The van der Waals surface area contributed by atoms with Gasteiger partial charge in [0.2, 0.25) is 10.0 Å². The number of hydrogen-bond acceptors (Lipinski definition) is 5. The van der Waals surface area contributed by atoms with Crippen LogP contribution in [0.25, 0.3) is 0 Å². The molecule has 1 saturated carbocycles. The number of nitrogens with one attached hydrogen (secondary N) is 1. The number of aromatic nitrogens is 2. The van der Waals surface area contributed by atoms with Crippen LogP contribution in [0.15, 0.2) is 6.07 Å². The lowest BCUT2D eigenvalue weighted by Gasteiger charge is -2.53. The SMILES string of the molecule is Cc1cc(CN2CC3(CC[C@H](CNS(=O)(=O)C4CC4)CO3)C2)n(C)n1. The number of rotatable bonds is 6. The molecule has 0 radical (unpaired) electrons. The van der Waals surface area contributed by atoms with Gasteiger partial charge in [0, 0.05) is 33.2 Å². The third-order valence-corrected chi connectivity index (χ3v) is 7.60. The fourth-order valence-electron chi connectivity index (χ4n) is 3.98. The lowest BCUT2D eigenvalue weighted by atomic mass is 9.83. The first-order chi connectivity index (χ1) is 11.9. The molecule has 1 aliphatic carbocycles. The Balaban J connectivity index is 1.21. The lowest BCUT2D eigenvalue weighted by molar-refractivity contribution is -0.181.